The summed E-state index contributed by atoms with van der Waals surface area (Å²) in [6, 6.07) is 1.87. The highest BCUT2D eigenvalue weighted by Crippen LogP contribution is 2.44. The number of nitrogens with zero attached hydrogens (tertiary/aromatic N) is 2. The number of hydrogen-bond acceptors (Lipinski definition) is 7. The molecule has 1 aliphatic rings. The normalized spacial score (nSPS) is 32.5. The summed E-state index contributed by atoms with van der Waals surface area (Å²) in [5.74, 6) is 1.08. The van der Waals surface area contributed by atoms with E-state index in [1.54, 1.807) is 0 Å². The molecule has 1 aromatic rings. The van der Waals surface area contributed by atoms with E-state index in [1.165, 1.54) is 0 Å². The van der Waals surface area contributed by atoms with Gasteiger partial charge in [0, 0.05) is 11.8 Å². The molecule has 0 aromatic carbocycles. The molecule has 1 aliphatic heterocycles. The first kappa shape index (κ1) is 14.0. The van der Waals surface area contributed by atoms with Crippen molar-refractivity contribution in [3.63, 3.8) is 0 Å². The molecule has 8 heteroatoms. The molecule has 0 radical (unpaired) electrons. The molecule has 0 amide bonds. The van der Waals surface area contributed by atoms with Crippen molar-refractivity contribution < 1.29 is 14.9 Å². The number of hydrogen-bond donors (Lipinski definition) is 4. The zero-order valence-electron chi connectivity index (χ0n) is 10.3. The topological polar surface area (TPSA) is 145 Å². The van der Waals surface area contributed by atoms with Gasteiger partial charge in [-0.25, -0.2) is 9.78 Å². The summed E-state index contributed by atoms with van der Waals surface area (Å²) < 4.78 is 5.47. The van der Waals surface area contributed by atoms with Gasteiger partial charge in [-0.3, -0.25) is 4.98 Å². The first-order valence-electron chi connectivity index (χ1n) is 5.68. The van der Waals surface area contributed by atoms with Crippen molar-refractivity contribution in [2.24, 2.45) is 5.92 Å². The molecule has 0 spiro atoms. The van der Waals surface area contributed by atoms with Gasteiger partial charge in [-0.05, 0) is 0 Å². The van der Waals surface area contributed by atoms with E-state index in [-0.39, 0.29) is 11.4 Å². The molecule has 104 valence electrons. The Morgan fingerprint density at radius 3 is 2.90 bits per heavy atom. The van der Waals surface area contributed by atoms with E-state index in [4.69, 9.17) is 22.2 Å². The van der Waals surface area contributed by atoms with Gasteiger partial charge in [0.2, 0.25) is 0 Å². The van der Waals surface area contributed by atoms with Crippen LogP contribution in [-0.2, 0) is 4.74 Å². The number of nitrogens with one attached hydrogen (secondary N) is 1. The van der Waals surface area contributed by atoms with Gasteiger partial charge in [0.05, 0.1) is 12.7 Å². The minimum atomic E-state index is -1.69. The summed E-state index contributed by atoms with van der Waals surface area (Å²) in [6.07, 6.45) is 4.05. The summed E-state index contributed by atoms with van der Waals surface area (Å²) in [5, 5.41) is 28.6. The van der Waals surface area contributed by atoms with E-state index in [9.17, 15) is 15.0 Å². The number of rotatable bonds is 2. The highest BCUT2D eigenvalue weighted by Gasteiger charge is 2.55. The molecule has 2 rings (SSSR count). The molecular formula is C12H12N4O4. The molecule has 5 N–H and O–H groups in total. The lowest BCUT2D eigenvalue weighted by atomic mass is 9.88. The van der Waals surface area contributed by atoms with Gasteiger partial charge >= 0.3 is 5.69 Å². The predicted molar refractivity (Wildman–Crippen MR) is 66.9 cm³/mol. The number of aromatic amines is 1. The van der Waals surface area contributed by atoms with Crippen molar-refractivity contribution >= 4 is 5.82 Å². The van der Waals surface area contributed by atoms with Crippen molar-refractivity contribution in [2.75, 3.05) is 12.3 Å². The molecule has 20 heavy (non-hydrogen) atoms. The maximum Gasteiger partial charge on any atom is 0.346 e. The zero-order chi connectivity index (χ0) is 14.9. The van der Waals surface area contributed by atoms with Crippen LogP contribution in [0.3, 0.4) is 0 Å². The minimum absolute atomic E-state index is 0.0341. The number of aliphatic hydroxyl groups excluding tert-OH is 2. The van der Waals surface area contributed by atoms with Crippen molar-refractivity contribution in [3.8, 4) is 18.4 Å². The van der Waals surface area contributed by atoms with Crippen LogP contribution in [0.2, 0.25) is 0 Å². The number of anilines is 1. The van der Waals surface area contributed by atoms with Crippen LogP contribution in [0.5, 0.6) is 0 Å². The lowest BCUT2D eigenvalue weighted by molar-refractivity contribution is -0.0720. The molecule has 0 unspecified atom stereocenters. The molecular weight excluding hydrogens is 264 g/mol. The smallest absolute Gasteiger partial charge is 0.346 e. The minimum Gasteiger partial charge on any atom is -0.392 e. The van der Waals surface area contributed by atoms with Crippen LogP contribution in [0, 0.1) is 29.6 Å². The van der Waals surface area contributed by atoms with Gasteiger partial charge in [-0.1, -0.05) is 5.92 Å². The third-order valence-electron chi connectivity index (χ3n) is 3.29. The first-order chi connectivity index (χ1) is 9.49. The van der Waals surface area contributed by atoms with Gasteiger partial charge in [-0.2, -0.15) is 5.26 Å². The van der Waals surface area contributed by atoms with Crippen LogP contribution in [0.15, 0.2) is 11.0 Å². The third kappa shape index (κ3) is 1.92. The molecule has 1 fully saturated rings. The predicted octanol–water partition coefficient (Wildman–Crippen LogP) is -1.71. The van der Waals surface area contributed by atoms with E-state index in [0.717, 1.165) is 6.20 Å². The van der Waals surface area contributed by atoms with Crippen LogP contribution in [-0.4, -0.2) is 38.5 Å². The Morgan fingerprint density at radius 1 is 1.70 bits per heavy atom. The molecule has 1 aromatic heterocycles. The highest BCUT2D eigenvalue weighted by atomic mass is 16.5. The zero-order valence-corrected chi connectivity index (χ0v) is 10.3. The Labute approximate surface area is 113 Å². The Morgan fingerprint density at radius 2 is 2.40 bits per heavy atom. The Kier molecular flexibility index (Phi) is 3.47. The summed E-state index contributed by atoms with van der Waals surface area (Å²) in [7, 11) is 0. The average molecular weight is 276 g/mol. The maximum atomic E-state index is 11.0. The second kappa shape index (κ2) is 4.94. The lowest BCUT2D eigenvalue weighted by Gasteiger charge is -2.23. The molecule has 0 aliphatic carbocycles. The van der Waals surface area contributed by atoms with Crippen LogP contribution in [0.4, 0.5) is 5.82 Å². The van der Waals surface area contributed by atoms with Gasteiger partial charge in [0.25, 0.3) is 0 Å². The second-order valence-corrected chi connectivity index (χ2v) is 4.39. The number of aromatic nitrogens is 2. The van der Waals surface area contributed by atoms with Crippen LogP contribution >= 0.6 is 0 Å². The first-order valence-corrected chi connectivity index (χ1v) is 5.68. The Balaban J connectivity index is 2.50. The van der Waals surface area contributed by atoms with Gasteiger partial charge in [0.1, 0.15) is 23.9 Å². The summed E-state index contributed by atoms with van der Waals surface area (Å²) >= 11 is 0. The maximum absolute atomic E-state index is 11.0. The molecule has 0 bridgehead atoms. The van der Waals surface area contributed by atoms with E-state index in [0.29, 0.717) is 0 Å². The van der Waals surface area contributed by atoms with Gasteiger partial charge in [0.15, 0.2) is 5.60 Å². The number of H-pyrrole nitrogens is 1. The van der Waals surface area contributed by atoms with Crippen LogP contribution in [0.1, 0.15) is 11.7 Å². The third-order valence-corrected chi connectivity index (χ3v) is 3.29. The summed E-state index contributed by atoms with van der Waals surface area (Å²) in [4.78, 5) is 16.8. The van der Waals surface area contributed by atoms with E-state index >= 15 is 0 Å². The number of terminal acetylenes is 1. The van der Waals surface area contributed by atoms with Crippen LogP contribution < -0.4 is 11.4 Å². The summed E-state index contributed by atoms with van der Waals surface area (Å²) in [6.45, 7) is -0.657. The van der Waals surface area contributed by atoms with Crippen molar-refractivity contribution in [2.45, 2.75) is 17.8 Å². The molecule has 0 saturated carbocycles. The largest absolute Gasteiger partial charge is 0.392 e. The average Bonchev–Trinajstić information content (AvgIpc) is 2.71. The molecule has 1 saturated heterocycles. The number of nitrogens with two attached hydrogens (primary N) is 1. The highest BCUT2D eigenvalue weighted by molar-refractivity contribution is 5.41. The van der Waals surface area contributed by atoms with Crippen LogP contribution in [0.25, 0.3) is 0 Å². The number of aliphatic hydroxyl groups is 2. The fourth-order valence-corrected chi connectivity index (χ4v) is 2.16. The Bertz CT molecular complexity index is 659. The van der Waals surface area contributed by atoms with Crippen molar-refractivity contribution in [1.29, 1.82) is 5.26 Å². The van der Waals surface area contributed by atoms with E-state index in [1.807, 2.05) is 6.07 Å². The standard InChI is InChI=1S/C12H12N4O4/c1-2-12(5-17)9(18)6(3-13)8(20-12)7-4-15-11(19)16-10(7)14/h1,4,6,8-9,17-18H,5H2,(H3,14,15,16,19)/t6-,8-,9+,12-/m1/s1. The summed E-state index contributed by atoms with van der Waals surface area (Å²) in [5.41, 5.74) is 3.54. The van der Waals surface area contributed by atoms with E-state index < -0.39 is 36.0 Å². The molecule has 4 atom stereocenters. The van der Waals surface area contributed by atoms with Gasteiger partial charge in [-0.15, -0.1) is 6.42 Å². The molecule has 8 nitrogen and oxygen atoms in total. The number of nitrogen functional groups attached to an aromatic ring is 1. The van der Waals surface area contributed by atoms with Crippen molar-refractivity contribution in [1.82, 2.24) is 9.97 Å². The fraction of sp³-hybridized carbons (Fsp3) is 0.417. The molecule has 2 heterocycles. The number of nitriles is 1. The fourth-order valence-electron chi connectivity index (χ4n) is 2.16. The van der Waals surface area contributed by atoms with E-state index in [2.05, 4.69) is 15.9 Å². The Hall–Kier alpha value is -2.39. The lowest BCUT2D eigenvalue weighted by Crippen LogP contribution is -2.43. The quantitative estimate of drug-likeness (QED) is 0.470. The number of ether oxygens (including phenoxy) is 1. The van der Waals surface area contributed by atoms with Gasteiger partial charge < -0.3 is 20.7 Å². The second-order valence-electron chi connectivity index (χ2n) is 4.39. The monoisotopic (exact) mass is 276 g/mol. The van der Waals surface area contributed by atoms with Crippen molar-refractivity contribution in [3.05, 3.63) is 22.2 Å². The SMILES string of the molecule is C#C[C@]1(CO)O[C@@H](c2cnc(=O)[nH]c2N)[C@@H](C#N)[C@@H]1O.